The number of anilines is 1. The molecule has 2 saturated heterocycles. The molecule has 9 heteroatoms. The van der Waals surface area contributed by atoms with Crippen LogP contribution in [0, 0.1) is 5.92 Å². The van der Waals surface area contributed by atoms with Gasteiger partial charge in [-0.1, -0.05) is 6.92 Å². The molecule has 1 aromatic rings. The number of piperidine rings is 1. The first-order valence-electron chi connectivity index (χ1n) is 10.7. The molecule has 0 spiro atoms. The molecule has 30 heavy (non-hydrogen) atoms. The molecule has 2 aliphatic heterocycles. The summed E-state index contributed by atoms with van der Waals surface area (Å²) in [4.78, 5) is 15.0. The number of hydrogen-bond donors (Lipinski definition) is 1. The van der Waals surface area contributed by atoms with Crippen molar-refractivity contribution in [2.75, 3.05) is 51.3 Å². The van der Waals surface area contributed by atoms with Crippen LogP contribution in [0.5, 0.6) is 5.75 Å². The van der Waals surface area contributed by atoms with Crippen LogP contribution >= 0.6 is 0 Å². The summed E-state index contributed by atoms with van der Waals surface area (Å²) >= 11 is 0. The Hall–Kier alpha value is -1.68. The van der Waals surface area contributed by atoms with Gasteiger partial charge in [-0.15, -0.1) is 0 Å². The van der Waals surface area contributed by atoms with Gasteiger partial charge in [-0.25, -0.2) is 8.42 Å². The van der Waals surface area contributed by atoms with E-state index in [9.17, 15) is 13.2 Å². The number of likely N-dealkylation sites (tertiary alicyclic amines) is 1. The van der Waals surface area contributed by atoms with Crippen molar-refractivity contribution < 1.29 is 22.7 Å². The first-order chi connectivity index (χ1) is 14.3. The highest BCUT2D eigenvalue weighted by molar-refractivity contribution is 7.89. The van der Waals surface area contributed by atoms with Gasteiger partial charge in [-0.3, -0.25) is 9.69 Å². The van der Waals surface area contributed by atoms with Crippen LogP contribution in [-0.4, -0.2) is 75.6 Å². The molecule has 1 amide bonds. The summed E-state index contributed by atoms with van der Waals surface area (Å²) in [5, 5.41) is 2.88. The second-order valence-corrected chi connectivity index (χ2v) is 10.3. The molecule has 0 bridgehead atoms. The van der Waals surface area contributed by atoms with Crippen LogP contribution in [0.1, 0.15) is 33.6 Å². The largest absolute Gasteiger partial charge is 0.489 e. The summed E-state index contributed by atoms with van der Waals surface area (Å²) < 4.78 is 38.5. The number of benzene rings is 1. The smallest absolute Gasteiger partial charge is 0.243 e. The molecule has 8 nitrogen and oxygen atoms in total. The van der Waals surface area contributed by atoms with Gasteiger partial charge in [0.1, 0.15) is 5.75 Å². The van der Waals surface area contributed by atoms with E-state index in [1.54, 1.807) is 6.07 Å². The zero-order chi connectivity index (χ0) is 21.7. The summed E-state index contributed by atoms with van der Waals surface area (Å²) in [5.41, 5.74) is 0.382. The van der Waals surface area contributed by atoms with Crippen LogP contribution in [0.3, 0.4) is 0 Å². The Bertz CT molecular complexity index is 837. The molecule has 2 aliphatic rings. The van der Waals surface area contributed by atoms with Crippen LogP contribution < -0.4 is 10.1 Å². The molecule has 2 heterocycles. The molecule has 2 fully saturated rings. The summed E-state index contributed by atoms with van der Waals surface area (Å²) in [6.45, 7) is 9.45. The number of carbonyl (C=O) groups excluding carboxylic acids is 1. The predicted octanol–water partition coefficient (Wildman–Crippen LogP) is 2.17. The Labute approximate surface area is 179 Å². The van der Waals surface area contributed by atoms with E-state index in [-0.39, 0.29) is 23.5 Å². The van der Waals surface area contributed by atoms with E-state index in [4.69, 9.17) is 9.47 Å². The van der Waals surface area contributed by atoms with E-state index in [1.807, 2.05) is 13.8 Å². The van der Waals surface area contributed by atoms with Crippen molar-refractivity contribution in [3.8, 4) is 5.75 Å². The van der Waals surface area contributed by atoms with Gasteiger partial charge in [0.25, 0.3) is 0 Å². The Balaban J connectivity index is 1.79. The number of sulfonamides is 1. The number of morpholine rings is 1. The molecule has 168 valence electrons. The highest BCUT2D eigenvalue weighted by Gasteiger charge is 2.28. The van der Waals surface area contributed by atoms with Gasteiger partial charge in [-0.05, 0) is 57.4 Å². The normalized spacial score (nSPS) is 21.5. The van der Waals surface area contributed by atoms with E-state index in [0.717, 1.165) is 19.5 Å². The van der Waals surface area contributed by atoms with Gasteiger partial charge in [-0.2, -0.15) is 4.31 Å². The van der Waals surface area contributed by atoms with E-state index in [0.29, 0.717) is 43.7 Å². The minimum atomic E-state index is -3.66. The van der Waals surface area contributed by atoms with Gasteiger partial charge in [0.15, 0.2) is 0 Å². The van der Waals surface area contributed by atoms with E-state index >= 15 is 0 Å². The molecule has 1 N–H and O–H groups in total. The Kier molecular flexibility index (Phi) is 7.73. The number of amides is 1. The number of nitrogens with zero attached hydrogens (tertiary/aromatic N) is 2. The minimum absolute atomic E-state index is 0.106. The lowest BCUT2D eigenvalue weighted by Crippen LogP contribution is -2.40. The van der Waals surface area contributed by atoms with Crippen molar-refractivity contribution in [1.82, 2.24) is 9.21 Å². The van der Waals surface area contributed by atoms with Crippen LogP contribution in [0.15, 0.2) is 23.1 Å². The molecule has 0 saturated carbocycles. The fourth-order valence-corrected chi connectivity index (χ4v) is 5.32. The highest BCUT2D eigenvalue weighted by atomic mass is 32.2. The van der Waals surface area contributed by atoms with Gasteiger partial charge >= 0.3 is 0 Å². The lowest BCUT2D eigenvalue weighted by atomic mass is 10.0. The zero-order valence-corrected chi connectivity index (χ0v) is 18.9. The van der Waals surface area contributed by atoms with Crippen molar-refractivity contribution in [2.45, 2.75) is 44.6 Å². The second-order valence-electron chi connectivity index (χ2n) is 8.37. The zero-order valence-electron chi connectivity index (χ0n) is 18.1. The summed E-state index contributed by atoms with van der Waals surface area (Å²) in [5.74, 6) is 0.873. The highest BCUT2D eigenvalue weighted by Crippen LogP contribution is 2.30. The molecule has 1 aromatic carbocycles. The molecule has 1 atom stereocenters. The fraction of sp³-hybridized carbons (Fsp3) is 0.667. The monoisotopic (exact) mass is 439 g/mol. The number of nitrogens with one attached hydrogen (secondary N) is 1. The van der Waals surface area contributed by atoms with E-state index < -0.39 is 10.0 Å². The molecule has 1 unspecified atom stereocenters. The number of rotatable bonds is 7. The number of carbonyl (C=O) groups is 1. The molecular weight excluding hydrogens is 406 g/mol. The summed E-state index contributed by atoms with van der Waals surface area (Å²) in [6.07, 6.45) is 2.17. The summed E-state index contributed by atoms with van der Waals surface area (Å²) in [7, 11) is -3.66. The fourth-order valence-electron chi connectivity index (χ4n) is 3.88. The molecular formula is C21H33N3O5S. The SMILES string of the molecule is CC1CCCN(CC(=O)Nc2cc(S(=O)(=O)N3CCOCC3)ccc2OC(C)C)C1. The van der Waals surface area contributed by atoms with Crippen molar-refractivity contribution in [3.63, 3.8) is 0 Å². The quantitative estimate of drug-likeness (QED) is 0.701. The maximum atomic E-state index is 13.0. The van der Waals surface area contributed by atoms with E-state index in [2.05, 4.69) is 17.1 Å². The Morgan fingerprint density at radius 2 is 2.00 bits per heavy atom. The standard InChI is InChI=1S/C21H33N3O5S/c1-16(2)29-20-7-6-18(30(26,27)24-9-11-28-12-10-24)13-19(20)22-21(25)15-23-8-4-5-17(3)14-23/h6-7,13,16-17H,4-5,8-12,14-15H2,1-3H3,(H,22,25). The van der Waals surface area contributed by atoms with Crippen molar-refractivity contribution in [2.24, 2.45) is 5.92 Å². The average molecular weight is 440 g/mol. The lowest BCUT2D eigenvalue weighted by molar-refractivity contribution is -0.117. The molecule has 0 radical (unpaired) electrons. The van der Waals surface area contributed by atoms with Crippen molar-refractivity contribution >= 4 is 21.6 Å². The maximum absolute atomic E-state index is 13.0. The topological polar surface area (TPSA) is 88.2 Å². The molecule has 0 aromatic heterocycles. The summed E-state index contributed by atoms with van der Waals surface area (Å²) in [6, 6.07) is 4.65. The lowest BCUT2D eigenvalue weighted by Gasteiger charge is -2.30. The predicted molar refractivity (Wildman–Crippen MR) is 115 cm³/mol. The maximum Gasteiger partial charge on any atom is 0.243 e. The van der Waals surface area contributed by atoms with Gasteiger partial charge < -0.3 is 14.8 Å². The molecule has 3 rings (SSSR count). The van der Waals surface area contributed by atoms with Crippen molar-refractivity contribution in [1.29, 1.82) is 0 Å². The third-order valence-electron chi connectivity index (χ3n) is 5.30. The first kappa shape index (κ1) is 23.0. The third kappa shape index (κ3) is 5.94. The Morgan fingerprint density at radius 1 is 1.27 bits per heavy atom. The third-order valence-corrected chi connectivity index (χ3v) is 7.20. The second kappa shape index (κ2) is 10.1. The average Bonchev–Trinajstić information content (AvgIpc) is 2.69. The number of hydrogen-bond acceptors (Lipinski definition) is 6. The van der Waals surface area contributed by atoms with Crippen LogP contribution in [0.4, 0.5) is 5.69 Å². The minimum Gasteiger partial charge on any atom is -0.489 e. The first-order valence-corrected chi connectivity index (χ1v) is 12.1. The van der Waals surface area contributed by atoms with Gasteiger partial charge in [0.2, 0.25) is 15.9 Å². The van der Waals surface area contributed by atoms with Crippen LogP contribution in [0.25, 0.3) is 0 Å². The Morgan fingerprint density at radius 3 is 2.67 bits per heavy atom. The number of ether oxygens (including phenoxy) is 2. The van der Waals surface area contributed by atoms with Gasteiger partial charge in [0.05, 0.1) is 36.4 Å². The molecule has 0 aliphatic carbocycles. The van der Waals surface area contributed by atoms with Crippen LogP contribution in [0.2, 0.25) is 0 Å². The van der Waals surface area contributed by atoms with Crippen molar-refractivity contribution in [3.05, 3.63) is 18.2 Å². The van der Waals surface area contributed by atoms with Gasteiger partial charge in [0, 0.05) is 19.6 Å². The van der Waals surface area contributed by atoms with E-state index in [1.165, 1.54) is 22.9 Å². The van der Waals surface area contributed by atoms with Crippen LogP contribution in [-0.2, 0) is 19.6 Å².